The number of pyridine rings is 1. The van der Waals surface area contributed by atoms with Crippen LogP contribution in [0.25, 0.3) is 0 Å². The van der Waals surface area contributed by atoms with Gasteiger partial charge in [0.25, 0.3) is 0 Å². The van der Waals surface area contributed by atoms with Gasteiger partial charge in [0.1, 0.15) is 0 Å². The lowest BCUT2D eigenvalue weighted by Gasteiger charge is -2.11. The summed E-state index contributed by atoms with van der Waals surface area (Å²) in [5, 5.41) is 2.99. The first-order chi connectivity index (χ1) is 10.7. The van der Waals surface area contributed by atoms with Crippen molar-refractivity contribution in [3.8, 4) is 0 Å². The summed E-state index contributed by atoms with van der Waals surface area (Å²) < 4.78 is 1.66. The van der Waals surface area contributed by atoms with Gasteiger partial charge in [-0.25, -0.2) is 0 Å². The zero-order chi connectivity index (χ0) is 15.4. The minimum Gasteiger partial charge on any atom is -0.356 e. The van der Waals surface area contributed by atoms with Crippen LogP contribution in [-0.2, 0) is 24.2 Å². The van der Waals surface area contributed by atoms with E-state index in [4.69, 9.17) is 0 Å². The summed E-state index contributed by atoms with van der Waals surface area (Å²) in [7, 11) is 0. The van der Waals surface area contributed by atoms with E-state index in [1.165, 1.54) is 11.1 Å². The summed E-state index contributed by atoms with van der Waals surface area (Å²) in [6.45, 7) is 1.23. The molecule has 1 aromatic carbocycles. The van der Waals surface area contributed by atoms with Gasteiger partial charge >= 0.3 is 0 Å². The number of carbonyl (C=O) groups excluding carboxylic acids is 1. The molecular weight excluding hydrogens is 276 g/mol. The lowest BCUT2D eigenvalue weighted by atomic mass is 10.1. The zero-order valence-corrected chi connectivity index (χ0v) is 12.5. The fourth-order valence-electron chi connectivity index (χ4n) is 2.99. The van der Waals surface area contributed by atoms with Crippen LogP contribution in [0.3, 0.4) is 0 Å². The van der Waals surface area contributed by atoms with E-state index in [2.05, 4.69) is 17.4 Å². The molecule has 3 rings (SSSR count). The summed E-state index contributed by atoms with van der Waals surface area (Å²) in [6, 6.07) is 13.4. The highest BCUT2D eigenvalue weighted by atomic mass is 16.2. The lowest BCUT2D eigenvalue weighted by Crippen LogP contribution is -2.32. The quantitative estimate of drug-likeness (QED) is 0.855. The van der Waals surface area contributed by atoms with Crippen LogP contribution >= 0.6 is 0 Å². The molecule has 4 nitrogen and oxygen atoms in total. The van der Waals surface area contributed by atoms with E-state index in [0.29, 0.717) is 13.1 Å². The summed E-state index contributed by atoms with van der Waals surface area (Å²) in [6.07, 6.45) is 4.20. The van der Waals surface area contributed by atoms with Crippen molar-refractivity contribution in [2.24, 2.45) is 5.92 Å². The average molecular weight is 296 g/mol. The Hall–Kier alpha value is -2.36. The number of rotatable bonds is 5. The lowest BCUT2D eigenvalue weighted by molar-refractivity contribution is -0.124. The summed E-state index contributed by atoms with van der Waals surface area (Å²) in [5.41, 5.74) is 2.58. The number of hydrogen-bond donors (Lipinski definition) is 1. The molecule has 1 aliphatic carbocycles. The first kappa shape index (κ1) is 14.6. The molecule has 1 aromatic heterocycles. The molecule has 4 heteroatoms. The topological polar surface area (TPSA) is 51.1 Å². The van der Waals surface area contributed by atoms with Crippen LogP contribution < -0.4 is 10.9 Å². The Balaban J connectivity index is 1.44. The zero-order valence-electron chi connectivity index (χ0n) is 12.5. The monoisotopic (exact) mass is 296 g/mol. The Morgan fingerprint density at radius 1 is 1.09 bits per heavy atom. The second kappa shape index (κ2) is 6.60. The number of aromatic nitrogens is 1. The molecule has 0 unspecified atom stereocenters. The predicted octanol–water partition coefficient (Wildman–Crippen LogP) is 1.77. The van der Waals surface area contributed by atoms with Crippen molar-refractivity contribution in [3.63, 3.8) is 0 Å². The minimum atomic E-state index is 0.0000639. The molecule has 1 heterocycles. The molecule has 1 N–H and O–H groups in total. The Kier molecular flexibility index (Phi) is 4.37. The summed E-state index contributed by atoms with van der Waals surface area (Å²) in [4.78, 5) is 23.8. The van der Waals surface area contributed by atoms with Gasteiger partial charge in [0, 0.05) is 31.3 Å². The molecule has 0 saturated heterocycles. The molecule has 0 saturated carbocycles. The van der Waals surface area contributed by atoms with Gasteiger partial charge in [0.05, 0.1) is 0 Å². The van der Waals surface area contributed by atoms with Crippen molar-refractivity contribution >= 4 is 5.91 Å². The first-order valence-electron chi connectivity index (χ1n) is 7.74. The van der Waals surface area contributed by atoms with Crippen LogP contribution in [0.1, 0.15) is 17.5 Å². The normalized spacial score (nSPS) is 13.8. The average Bonchev–Trinajstić information content (AvgIpc) is 2.97. The number of amides is 1. The van der Waals surface area contributed by atoms with Crippen molar-refractivity contribution < 1.29 is 4.79 Å². The van der Waals surface area contributed by atoms with E-state index in [9.17, 15) is 9.59 Å². The predicted molar refractivity (Wildman–Crippen MR) is 85.7 cm³/mol. The highest BCUT2D eigenvalue weighted by Gasteiger charge is 2.26. The van der Waals surface area contributed by atoms with Gasteiger partial charge in [0.15, 0.2) is 0 Å². The van der Waals surface area contributed by atoms with Gasteiger partial charge < -0.3 is 9.88 Å². The molecule has 1 amide bonds. The van der Waals surface area contributed by atoms with Gasteiger partial charge in [-0.2, -0.15) is 0 Å². The molecule has 0 bridgehead atoms. The third kappa shape index (κ3) is 3.27. The highest BCUT2D eigenvalue weighted by Crippen LogP contribution is 2.26. The largest absolute Gasteiger partial charge is 0.356 e. The number of benzene rings is 1. The van der Waals surface area contributed by atoms with E-state index in [0.717, 1.165) is 19.3 Å². The van der Waals surface area contributed by atoms with Crippen LogP contribution in [0.15, 0.2) is 53.5 Å². The third-order valence-corrected chi connectivity index (χ3v) is 4.20. The number of carbonyl (C=O) groups is 1. The molecule has 0 fully saturated rings. The molecule has 2 aromatic rings. The molecule has 0 spiro atoms. The highest BCUT2D eigenvalue weighted by molar-refractivity contribution is 5.80. The van der Waals surface area contributed by atoms with Crippen molar-refractivity contribution in [1.82, 2.24) is 9.88 Å². The molecule has 0 atom stereocenters. The summed E-state index contributed by atoms with van der Waals surface area (Å²) >= 11 is 0. The van der Waals surface area contributed by atoms with Crippen LogP contribution in [0.2, 0.25) is 0 Å². The van der Waals surface area contributed by atoms with Gasteiger partial charge in [-0.1, -0.05) is 30.3 Å². The molecule has 114 valence electrons. The van der Waals surface area contributed by atoms with Gasteiger partial charge in [-0.15, -0.1) is 0 Å². The molecule has 22 heavy (non-hydrogen) atoms. The Labute approximate surface area is 129 Å². The van der Waals surface area contributed by atoms with E-state index in [-0.39, 0.29) is 17.4 Å². The number of hydrogen-bond acceptors (Lipinski definition) is 2. The second-order valence-electron chi connectivity index (χ2n) is 5.75. The van der Waals surface area contributed by atoms with Crippen molar-refractivity contribution in [3.05, 3.63) is 70.1 Å². The van der Waals surface area contributed by atoms with Crippen LogP contribution in [-0.4, -0.2) is 17.0 Å². The van der Waals surface area contributed by atoms with Gasteiger partial charge in [0.2, 0.25) is 11.5 Å². The molecular formula is C18H20N2O2. The number of aryl methyl sites for hydroxylation is 1. The van der Waals surface area contributed by atoms with Crippen molar-refractivity contribution in [2.45, 2.75) is 25.8 Å². The second-order valence-corrected chi connectivity index (χ2v) is 5.75. The first-order valence-corrected chi connectivity index (χ1v) is 7.74. The third-order valence-electron chi connectivity index (χ3n) is 4.20. The molecule has 0 aliphatic heterocycles. The fraction of sp³-hybridized carbons (Fsp3) is 0.333. The SMILES string of the molecule is O=C(NCCCn1ccccc1=O)C1Cc2ccccc2C1. The van der Waals surface area contributed by atoms with Crippen LogP contribution in [0, 0.1) is 5.92 Å². The maximum absolute atomic E-state index is 12.2. The van der Waals surface area contributed by atoms with Crippen molar-refractivity contribution in [1.29, 1.82) is 0 Å². The molecule has 1 aliphatic rings. The van der Waals surface area contributed by atoms with E-state index < -0.39 is 0 Å². The Bertz CT molecular complexity index is 696. The number of nitrogens with one attached hydrogen (secondary N) is 1. The number of nitrogens with zero attached hydrogens (tertiary/aromatic N) is 1. The Morgan fingerprint density at radius 2 is 1.77 bits per heavy atom. The smallest absolute Gasteiger partial charge is 0.250 e. The fourth-order valence-corrected chi connectivity index (χ4v) is 2.99. The standard InChI is InChI=1S/C18H20N2O2/c21-17-8-3-4-10-20(17)11-5-9-19-18(22)16-12-14-6-1-2-7-15(14)13-16/h1-4,6-8,10,16H,5,9,11-13H2,(H,19,22). The molecule has 0 radical (unpaired) electrons. The maximum Gasteiger partial charge on any atom is 0.250 e. The Morgan fingerprint density at radius 3 is 2.45 bits per heavy atom. The van der Waals surface area contributed by atoms with E-state index in [1.54, 1.807) is 22.9 Å². The van der Waals surface area contributed by atoms with Crippen molar-refractivity contribution in [2.75, 3.05) is 6.54 Å². The van der Waals surface area contributed by atoms with Crippen LogP contribution in [0.5, 0.6) is 0 Å². The maximum atomic E-state index is 12.2. The summed E-state index contributed by atoms with van der Waals surface area (Å²) in [5.74, 6) is 0.174. The minimum absolute atomic E-state index is 0.0000639. The van der Waals surface area contributed by atoms with Gasteiger partial charge in [-0.05, 0) is 36.5 Å². The van der Waals surface area contributed by atoms with Crippen LogP contribution in [0.4, 0.5) is 0 Å². The van der Waals surface area contributed by atoms with E-state index in [1.807, 2.05) is 18.2 Å². The number of fused-ring (bicyclic) bond motifs is 1. The van der Waals surface area contributed by atoms with E-state index >= 15 is 0 Å². The van der Waals surface area contributed by atoms with Gasteiger partial charge in [-0.3, -0.25) is 9.59 Å².